The van der Waals surface area contributed by atoms with Gasteiger partial charge in [-0.05, 0) is 20.8 Å². The van der Waals surface area contributed by atoms with Gasteiger partial charge in [-0.3, -0.25) is 4.90 Å². The minimum atomic E-state index is 0.467. The van der Waals surface area contributed by atoms with Crippen molar-refractivity contribution in [1.82, 2.24) is 20.5 Å². The van der Waals surface area contributed by atoms with Gasteiger partial charge in [0.1, 0.15) is 5.01 Å². The van der Waals surface area contributed by atoms with E-state index < -0.39 is 0 Å². The predicted octanol–water partition coefficient (Wildman–Crippen LogP) is 1.23. The second kappa shape index (κ2) is 9.07. The number of aromatic nitrogens is 1. The van der Waals surface area contributed by atoms with Gasteiger partial charge in [0.25, 0.3) is 0 Å². The molecule has 0 aliphatic carbocycles. The van der Waals surface area contributed by atoms with Crippen molar-refractivity contribution in [1.29, 1.82) is 0 Å². The zero-order valence-corrected chi connectivity index (χ0v) is 14.6. The molecule has 124 valence electrons. The number of hydrogen-bond donors (Lipinski definition) is 2. The second-order valence-corrected chi connectivity index (χ2v) is 6.76. The molecule has 6 nitrogen and oxygen atoms in total. The topological polar surface area (TPSA) is 61.8 Å². The Morgan fingerprint density at radius 1 is 1.45 bits per heavy atom. The van der Waals surface area contributed by atoms with Crippen LogP contribution >= 0.6 is 11.3 Å². The fraction of sp³-hybridized carbons (Fsp3) is 0.733. The van der Waals surface area contributed by atoms with Crippen LogP contribution in [0, 0.1) is 6.92 Å². The number of hydrogen-bond acceptors (Lipinski definition) is 5. The lowest BCUT2D eigenvalue weighted by Crippen LogP contribution is -2.49. The first-order valence-electron chi connectivity index (χ1n) is 7.94. The predicted molar refractivity (Wildman–Crippen MR) is 91.5 cm³/mol. The lowest BCUT2D eigenvalue weighted by atomic mass is 10.2. The minimum Gasteiger partial charge on any atom is -0.379 e. The number of thiazole rings is 1. The molecule has 7 heteroatoms. The van der Waals surface area contributed by atoms with Crippen molar-refractivity contribution in [3.63, 3.8) is 0 Å². The number of guanidine groups is 1. The Balaban J connectivity index is 1.82. The average molecular weight is 325 g/mol. The Labute approximate surface area is 137 Å². The number of nitrogens with zero attached hydrogens (tertiary/aromatic N) is 3. The van der Waals surface area contributed by atoms with Crippen LogP contribution in [0.15, 0.2) is 11.2 Å². The Hall–Kier alpha value is -1.18. The van der Waals surface area contributed by atoms with E-state index in [4.69, 9.17) is 4.74 Å². The number of nitrogens with one attached hydrogen (secondary N) is 2. The molecule has 1 aliphatic heterocycles. The summed E-state index contributed by atoms with van der Waals surface area (Å²) < 4.78 is 5.40. The van der Waals surface area contributed by atoms with Gasteiger partial charge in [-0.2, -0.15) is 0 Å². The summed E-state index contributed by atoms with van der Waals surface area (Å²) in [5.41, 5.74) is 0. The Bertz CT molecular complexity index is 470. The van der Waals surface area contributed by atoms with Gasteiger partial charge >= 0.3 is 0 Å². The molecule has 1 aromatic rings. The van der Waals surface area contributed by atoms with E-state index in [0.29, 0.717) is 12.6 Å². The van der Waals surface area contributed by atoms with Gasteiger partial charge in [0.15, 0.2) is 5.96 Å². The highest BCUT2D eigenvalue weighted by molar-refractivity contribution is 7.11. The molecule has 0 amide bonds. The highest BCUT2D eigenvalue weighted by atomic mass is 32.1. The molecule has 0 spiro atoms. The normalized spacial score (nSPS) is 18.2. The first-order valence-corrected chi connectivity index (χ1v) is 8.76. The standard InChI is InChI=1S/C15H27N5OS/c1-4-16-15(19-11-14-17-10-13(3)22-14)18-9-12(2)20-5-7-21-8-6-20/h10,12H,4-9,11H2,1-3H3,(H2,16,18,19). The number of ether oxygens (including phenoxy) is 1. The van der Waals surface area contributed by atoms with Crippen molar-refractivity contribution in [3.05, 3.63) is 16.1 Å². The fourth-order valence-corrected chi connectivity index (χ4v) is 3.07. The van der Waals surface area contributed by atoms with E-state index in [9.17, 15) is 0 Å². The summed E-state index contributed by atoms with van der Waals surface area (Å²) in [6, 6.07) is 0.467. The number of rotatable bonds is 6. The Morgan fingerprint density at radius 3 is 2.86 bits per heavy atom. The minimum absolute atomic E-state index is 0.467. The van der Waals surface area contributed by atoms with Crippen LogP contribution in [0.2, 0.25) is 0 Å². The first kappa shape index (κ1) is 17.2. The maximum Gasteiger partial charge on any atom is 0.191 e. The van der Waals surface area contributed by atoms with Crippen LogP contribution in [0.3, 0.4) is 0 Å². The van der Waals surface area contributed by atoms with Gasteiger partial charge in [-0.1, -0.05) is 0 Å². The SMILES string of the molecule is CCNC(=NCc1ncc(C)s1)NCC(C)N1CCOCC1. The summed E-state index contributed by atoms with van der Waals surface area (Å²) in [5, 5.41) is 7.77. The number of aliphatic imine (C=N–C) groups is 1. The van der Waals surface area contributed by atoms with Crippen molar-refractivity contribution in [2.75, 3.05) is 39.4 Å². The summed E-state index contributed by atoms with van der Waals surface area (Å²) >= 11 is 1.70. The molecule has 0 bridgehead atoms. The van der Waals surface area contributed by atoms with Crippen LogP contribution in [0.1, 0.15) is 23.7 Å². The van der Waals surface area contributed by atoms with E-state index in [0.717, 1.165) is 50.4 Å². The van der Waals surface area contributed by atoms with Crippen LogP contribution in [0.25, 0.3) is 0 Å². The zero-order chi connectivity index (χ0) is 15.8. The first-order chi connectivity index (χ1) is 10.7. The van der Waals surface area contributed by atoms with Crippen LogP contribution in [0.5, 0.6) is 0 Å². The van der Waals surface area contributed by atoms with Gasteiger partial charge in [0.05, 0.1) is 19.8 Å². The smallest absolute Gasteiger partial charge is 0.191 e. The van der Waals surface area contributed by atoms with Crippen molar-refractivity contribution in [3.8, 4) is 0 Å². The van der Waals surface area contributed by atoms with Crippen molar-refractivity contribution in [2.24, 2.45) is 4.99 Å². The molecule has 0 aromatic carbocycles. The second-order valence-electron chi connectivity index (χ2n) is 5.44. The largest absolute Gasteiger partial charge is 0.379 e. The van der Waals surface area contributed by atoms with Crippen LogP contribution in [-0.4, -0.2) is 61.3 Å². The number of morpholine rings is 1. The monoisotopic (exact) mass is 325 g/mol. The number of aryl methyl sites for hydroxylation is 1. The lowest BCUT2D eigenvalue weighted by molar-refractivity contribution is 0.0211. The molecule has 2 rings (SSSR count). The van der Waals surface area contributed by atoms with Crippen LogP contribution < -0.4 is 10.6 Å². The lowest BCUT2D eigenvalue weighted by Gasteiger charge is -2.32. The summed E-state index contributed by atoms with van der Waals surface area (Å²) in [6.45, 7) is 12.4. The van der Waals surface area contributed by atoms with E-state index in [1.807, 2.05) is 6.20 Å². The van der Waals surface area contributed by atoms with Crippen molar-refractivity contribution >= 4 is 17.3 Å². The van der Waals surface area contributed by atoms with Crippen LogP contribution in [0.4, 0.5) is 0 Å². The van der Waals surface area contributed by atoms with E-state index in [1.165, 1.54) is 4.88 Å². The third-order valence-corrected chi connectivity index (χ3v) is 4.52. The maximum absolute atomic E-state index is 5.40. The van der Waals surface area contributed by atoms with Crippen LogP contribution in [-0.2, 0) is 11.3 Å². The maximum atomic E-state index is 5.40. The van der Waals surface area contributed by atoms with Gasteiger partial charge in [-0.15, -0.1) is 11.3 Å². The van der Waals surface area contributed by atoms with E-state index in [2.05, 4.69) is 46.3 Å². The Morgan fingerprint density at radius 2 is 2.23 bits per heavy atom. The molecular formula is C15H27N5OS. The average Bonchev–Trinajstić information content (AvgIpc) is 2.96. The summed E-state index contributed by atoms with van der Waals surface area (Å²) in [7, 11) is 0. The van der Waals surface area contributed by atoms with E-state index >= 15 is 0 Å². The molecule has 1 saturated heterocycles. The van der Waals surface area contributed by atoms with Gasteiger partial charge in [0.2, 0.25) is 0 Å². The third-order valence-electron chi connectivity index (χ3n) is 3.62. The van der Waals surface area contributed by atoms with Crippen molar-refractivity contribution in [2.45, 2.75) is 33.4 Å². The van der Waals surface area contributed by atoms with Gasteiger partial charge in [-0.25, -0.2) is 9.98 Å². The highest BCUT2D eigenvalue weighted by Gasteiger charge is 2.16. The molecule has 1 aliphatic rings. The molecule has 22 heavy (non-hydrogen) atoms. The highest BCUT2D eigenvalue weighted by Crippen LogP contribution is 2.11. The van der Waals surface area contributed by atoms with Gasteiger partial charge in [0, 0.05) is 43.3 Å². The van der Waals surface area contributed by atoms with Gasteiger partial charge < -0.3 is 15.4 Å². The molecule has 0 saturated carbocycles. The van der Waals surface area contributed by atoms with E-state index in [1.54, 1.807) is 11.3 Å². The molecular weight excluding hydrogens is 298 g/mol. The molecule has 1 unspecified atom stereocenters. The molecule has 0 radical (unpaired) electrons. The quantitative estimate of drug-likeness (QED) is 0.608. The fourth-order valence-electron chi connectivity index (χ4n) is 2.35. The molecule has 1 atom stereocenters. The summed E-state index contributed by atoms with van der Waals surface area (Å²) in [5.74, 6) is 0.857. The molecule has 2 N–H and O–H groups in total. The third kappa shape index (κ3) is 5.55. The molecule has 1 fully saturated rings. The Kier molecular flexibility index (Phi) is 7.08. The summed E-state index contributed by atoms with van der Waals surface area (Å²) in [4.78, 5) is 12.6. The molecule has 1 aromatic heterocycles. The van der Waals surface area contributed by atoms with E-state index in [-0.39, 0.29) is 0 Å². The summed E-state index contributed by atoms with van der Waals surface area (Å²) in [6.07, 6.45) is 1.90. The van der Waals surface area contributed by atoms with Crippen molar-refractivity contribution < 1.29 is 4.74 Å². The zero-order valence-electron chi connectivity index (χ0n) is 13.8. The molecule has 2 heterocycles.